The topological polar surface area (TPSA) is 88.4 Å². The number of aliphatic hydroxyl groups excluding tert-OH is 1. The van der Waals surface area contributed by atoms with E-state index < -0.39 is 0 Å². The van der Waals surface area contributed by atoms with Gasteiger partial charge in [-0.1, -0.05) is 6.07 Å². The van der Waals surface area contributed by atoms with Crippen LogP contribution in [0.4, 0.5) is 0 Å². The van der Waals surface area contributed by atoms with Crippen molar-refractivity contribution >= 4 is 0 Å². The van der Waals surface area contributed by atoms with Crippen molar-refractivity contribution in [3.8, 4) is 11.5 Å². The molecule has 0 atom stereocenters. The first-order chi connectivity index (χ1) is 11.7. The Morgan fingerprint density at radius 3 is 2.71 bits per heavy atom. The molecule has 0 radical (unpaired) electrons. The van der Waals surface area contributed by atoms with Gasteiger partial charge in [-0.25, -0.2) is 0 Å². The first kappa shape index (κ1) is 16.4. The third-order valence-corrected chi connectivity index (χ3v) is 3.64. The molecule has 7 heteroatoms. The fourth-order valence-corrected chi connectivity index (χ4v) is 2.57. The van der Waals surface area contributed by atoms with Crippen LogP contribution in [0.2, 0.25) is 0 Å². The second-order valence-electron chi connectivity index (χ2n) is 5.62. The van der Waals surface area contributed by atoms with Crippen LogP contribution < -0.4 is 0 Å². The molecule has 24 heavy (non-hydrogen) atoms. The van der Waals surface area contributed by atoms with Crippen molar-refractivity contribution in [1.29, 1.82) is 0 Å². The van der Waals surface area contributed by atoms with Crippen LogP contribution in [-0.4, -0.2) is 38.3 Å². The Bertz CT molecular complexity index is 782. The van der Waals surface area contributed by atoms with Gasteiger partial charge in [-0.15, -0.1) is 10.2 Å². The Morgan fingerprint density at radius 1 is 1.17 bits per heavy atom. The Labute approximate surface area is 140 Å². The Balaban J connectivity index is 1.72. The van der Waals surface area contributed by atoms with Crippen LogP contribution >= 0.6 is 0 Å². The van der Waals surface area contributed by atoms with Crippen molar-refractivity contribution < 1.29 is 13.9 Å². The molecule has 126 valence electrons. The summed E-state index contributed by atoms with van der Waals surface area (Å²) in [4.78, 5) is 6.14. The summed E-state index contributed by atoms with van der Waals surface area (Å²) >= 11 is 0. The normalized spacial score (nSPS) is 11.3. The van der Waals surface area contributed by atoms with E-state index >= 15 is 0 Å². The van der Waals surface area contributed by atoms with Gasteiger partial charge in [-0.2, -0.15) is 0 Å². The molecule has 3 heterocycles. The van der Waals surface area contributed by atoms with Gasteiger partial charge in [0.15, 0.2) is 0 Å². The standard InChI is InChI=1S/C17H20N4O3/c1-12-8-15(13(2)23-12)17-20-19-16(24-17)11-21(6-7-22)10-14-4-3-5-18-9-14/h3-5,8-9,22H,6-7,10-11H2,1-2H3. The van der Waals surface area contributed by atoms with Crippen molar-refractivity contribution in [3.05, 3.63) is 53.6 Å². The number of aromatic nitrogens is 3. The average Bonchev–Trinajstić information content (AvgIpc) is 3.14. The minimum atomic E-state index is 0.0568. The number of aliphatic hydroxyl groups is 1. The van der Waals surface area contributed by atoms with Crippen LogP contribution in [0, 0.1) is 13.8 Å². The lowest BCUT2D eigenvalue weighted by Gasteiger charge is -2.19. The largest absolute Gasteiger partial charge is 0.466 e. The van der Waals surface area contributed by atoms with E-state index in [2.05, 4.69) is 15.2 Å². The Kier molecular flexibility index (Phi) is 5.02. The maximum atomic E-state index is 9.28. The van der Waals surface area contributed by atoms with Gasteiger partial charge in [-0.3, -0.25) is 9.88 Å². The lowest BCUT2D eigenvalue weighted by Crippen LogP contribution is -2.26. The molecule has 0 aromatic carbocycles. The molecule has 1 N–H and O–H groups in total. The van der Waals surface area contributed by atoms with E-state index in [0.29, 0.717) is 31.4 Å². The zero-order valence-corrected chi connectivity index (χ0v) is 13.8. The van der Waals surface area contributed by atoms with E-state index in [0.717, 1.165) is 22.6 Å². The molecule has 0 spiro atoms. The minimum Gasteiger partial charge on any atom is -0.466 e. The summed E-state index contributed by atoms with van der Waals surface area (Å²) in [6.07, 6.45) is 3.54. The Hall–Kier alpha value is -2.51. The number of nitrogens with zero attached hydrogens (tertiary/aromatic N) is 4. The molecule has 0 saturated heterocycles. The van der Waals surface area contributed by atoms with Crippen molar-refractivity contribution in [2.75, 3.05) is 13.2 Å². The van der Waals surface area contributed by atoms with E-state index in [1.165, 1.54) is 0 Å². The summed E-state index contributed by atoms with van der Waals surface area (Å²) in [6.45, 7) is 5.42. The third kappa shape index (κ3) is 3.87. The van der Waals surface area contributed by atoms with Crippen LogP contribution in [0.5, 0.6) is 0 Å². The lowest BCUT2D eigenvalue weighted by molar-refractivity contribution is 0.172. The fraction of sp³-hybridized carbons (Fsp3) is 0.353. The monoisotopic (exact) mass is 328 g/mol. The molecule has 3 aromatic rings. The van der Waals surface area contributed by atoms with E-state index in [4.69, 9.17) is 8.83 Å². The van der Waals surface area contributed by atoms with E-state index in [1.807, 2.05) is 36.9 Å². The molecule has 0 bridgehead atoms. The number of hydrogen-bond acceptors (Lipinski definition) is 7. The number of furan rings is 1. The van der Waals surface area contributed by atoms with Gasteiger partial charge in [0.1, 0.15) is 11.5 Å². The van der Waals surface area contributed by atoms with Gasteiger partial charge in [-0.05, 0) is 31.5 Å². The van der Waals surface area contributed by atoms with Crippen LogP contribution in [-0.2, 0) is 13.1 Å². The molecule has 0 saturated carbocycles. The highest BCUT2D eigenvalue weighted by Crippen LogP contribution is 2.25. The zero-order valence-electron chi connectivity index (χ0n) is 13.8. The average molecular weight is 328 g/mol. The SMILES string of the molecule is Cc1cc(-c2nnc(CN(CCO)Cc3cccnc3)o2)c(C)o1. The van der Waals surface area contributed by atoms with Gasteiger partial charge >= 0.3 is 0 Å². The van der Waals surface area contributed by atoms with Crippen LogP contribution in [0.1, 0.15) is 23.0 Å². The summed E-state index contributed by atoms with van der Waals surface area (Å²) in [5.41, 5.74) is 1.87. The van der Waals surface area contributed by atoms with E-state index in [-0.39, 0.29) is 6.61 Å². The van der Waals surface area contributed by atoms with Crippen LogP contribution in [0.15, 0.2) is 39.4 Å². The molecule has 3 rings (SSSR count). The summed E-state index contributed by atoms with van der Waals surface area (Å²) in [7, 11) is 0. The third-order valence-electron chi connectivity index (χ3n) is 3.64. The maximum Gasteiger partial charge on any atom is 0.251 e. The first-order valence-electron chi connectivity index (χ1n) is 7.77. The number of pyridine rings is 1. The van der Waals surface area contributed by atoms with E-state index in [9.17, 15) is 5.11 Å². The highest BCUT2D eigenvalue weighted by atomic mass is 16.4. The van der Waals surface area contributed by atoms with Gasteiger partial charge in [0.05, 0.1) is 18.7 Å². The summed E-state index contributed by atoms with van der Waals surface area (Å²) in [5, 5.41) is 17.5. The molecule has 3 aromatic heterocycles. The summed E-state index contributed by atoms with van der Waals surface area (Å²) in [6, 6.07) is 5.77. The summed E-state index contributed by atoms with van der Waals surface area (Å²) < 4.78 is 11.3. The van der Waals surface area contributed by atoms with Gasteiger partial charge in [0.2, 0.25) is 5.89 Å². The number of hydrogen-bond donors (Lipinski definition) is 1. The highest BCUT2D eigenvalue weighted by Gasteiger charge is 2.16. The molecule has 0 aliphatic carbocycles. The second-order valence-corrected chi connectivity index (χ2v) is 5.62. The second kappa shape index (κ2) is 7.37. The molecule has 0 aliphatic rings. The fourth-order valence-electron chi connectivity index (χ4n) is 2.57. The predicted octanol–water partition coefficient (Wildman–Crippen LogP) is 2.34. The van der Waals surface area contributed by atoms with E-state index in [1.54, 1.807) is 12.4 Å². The maximum absolute atomic E-state index is 9.28. The van der Waals surface area contributed by atoms with Gasteiger partial charge in [0.25, 0.3) is 5.89 Å². The van der Waals surface area contributed by atoms with Crippen LogP contribution in [0.25, 0.3) is 11.5 Å². The minimum absolute atomic E-state index is 0.0568. The zero-order chi connectivity index (χ0) is 16.9. The van der Waals surface area contributed by atoms with Gasteiger partial charge < -0.3 is 13.9 Å². The number of aryl methyl sites for hydroxylation is 2. The smallest absolute Gasteiger partial charge is 0.251 e. The molecule has 0 amide bonds. The highest BCUT2D eigenvalue weighted by molar-refractivity contribution is 5.55. The lowest BCUT2D eigenvalue weighted by atomic mass is 10.2. The van der Waals surface area contributed by atoms with Crippen molar-refractivity contribution in [2.24, 2.45) is 0 Å². The molecular formula is C17H20N4O3. The quantitative estimate of drug-likeness (QED) is 0.712. The van der Waals surface area contributed by atoms with Crippen molar-refractivity contribution in [2.45, 2.75) is 26.9 Å². The molecule has 0 unspecified atom stereocenters. The summed E-state index contributed by atoms with van der Waals surface area (Å²) in [5.74, 6) is 2.51. The van der Waals surface area contributed by atoms with Gasteiger partial charge in [0, 0.05) is 25.5 Å². The molecule has 7 nitrogen and oxygen atoms in total. The van der Waals surface area contributed by atoms with Crippen molar-refractivity contribution in [3.63, 3.8) is 0 Å². The first-order valence-corrected chi connectivity index (χ1v) is 7.77. The molecule has 0 fully saturated rings. The Morgan fingerprint density at radius 2 is 2.04 bits per heavy atom. The van der Waals surface area contributed by atoms with Crippen molar-refractivity contribution in [1.82, 2.24) is 20.1 Å². The number of rotatable bonds is 7. The molecular weight excluding hydrogens is 308 g/mol. The van der Waals surface area contributed by atoms with Crippen LogP contribution in [0.3, 0.4) is 0 Å². The predicted molar refractivity (Wildman–Crippen MR) is 86.9 cm³/mol. The molecule has 0 aliphatic heterocycles.